The fourth-order valence-corrected chi connectivity index (χ4v) is 6.51. The van der Waals surface area contributed by atoms with Crippen molar-refractivity contribution in [2.24, 2.45) is 0 Å². The van der Waals surface area contributed by atoms with E-state index in [1.807, 2.05) is 36.4 Å². The smallest absolute Gasteiger partial charge is 0.343 e. The van der Waals surface area contributed by atoms with Gasteiger partial charge < -0.3 is 28.4 Å². The van der Waals surface area contributed by atoms with Crippen LogP contribution in [0.4, 0.5) is 0 Å². The van der Waals surface area contributed by atoms with Crippen molar-refractivity contribution in [3.05, 3.63) is 156 Å². The van der Waals surface area contributed by atoms with E-state index >= 15 is 0 Å². The standard InChI is InChI=1S/C52H54O11/c1-3-48(53)60-34-11-7-5-9-32-58-44-28-20-40(21-29-44)51(56)62-46-24-16-38(17-25-46)36-42-14-13-15-43(50(42)55)37-39-18-26-47(27-19-39)63-52(57)41-22-30-45(31-23-41)59-33-10-6-8-12-35-61-49(54)4-2/h3-4,16-31,36-37H,1-2,5-15,32-35H2. The van der Waals surface area contributed by atoms with E-state index in [2.05, 4.69) is 13.2 Å². The maximum absolute atomic E-state index is 13.5. The molecule has 0 atom stereocenters. The summed E-state index contributed by atoms with van der Waals surface area (Å²) in [6, 6.07) is 27.7. The zero-order chi connectivity index (χ0) is 44.7. The van der Waals surface area contributed by atoms with Crippen LogP contribution in [0.25, 0.3) is 12.2 Å². The first-order chi connectivity index (χ1) is 30.7. The normalized spacial score (nSPS) is 13.5. The van der Waals surface area contributed by atoms with Crippen LogP contribution in [0.15, 0.2) is 134 Å². The number of hydrogen-bond donors (Lipinski definition) is 0. The molecule has 4 aromatic carbocycles. The highest BCUT2D eigenvalue weighted by atomic mass is 16.5. The van der Waals surface area contributed by atoms with Crippen molar-refractivity contribution in [2.75, 3.05) is 26.4 Å². The molecule has 0 bridgehead atoms. The first kappa shape index (κ1) is 47.0. The van der Waals surface area contributed by atoms with Gasteiger partial charge in [0.25, 0.3) is 0 Å². The Hall–Kier alpha value is -7.01. The first-order valence-corrected chi connectivity index (χ1v) is 21.3. The van der Waals surface area contributed by atoms with Gasteiger partial charge in [-0.15, -0.1) is 0 Å². The Kier molecular flexibility index (Phi) is 19.2. The second-order valence-corrected chi connectivity index (χ2v) is 14.8. The molecule has 1 fully saturated rings. The Bertz CT molecular complexity index is 2060. The molecule has 11 nitrogen and oxygen atoms in total. The van der Waals surface area contributed by atoms with Crippen LogP contribution in [-0.4, -0.2) is 56.1 Å². The van der Waals surface area contributed by atoms with Gasteiger partial charge >= 0.3 is 23.9 Å². The molecule has 0 heterocycles. The third kappa shape index (κ3) is 16.4. The number of allylic oxidation sites excluding steroid dienone is 2. The monoisotopic (exact) mass is 854 g/mol. The van der Waals surface area contributed by atoms with Gasteiger partial charge in [0.2, 0.25) is 0 Å². The molecule has 4 aromatic rings. The molecule has 1 saturated carbocycles. The molecule has 63 heavy (non-hydrogen) atoms. The van der Waals surface area contributed by atoms with Crippen LogP contribution in [0.2, 0.25) is 0 Å². The topological polar surface area (TPSA) is 141 Å². The summed E-state index contributed by atoms with van der Waals surface area (Å²) in [5.41, 5.74) is 3.82. The highest BCUT2D eigenvalue weighted by Gasteiger charge is 2.21. The van der Waals surface area contributed by atoms with Crippen LogP contribution < -0.4 is 18.9 Å². The number of ether oxygens (including phenoxy) is 6. The quantitative estimate of drug-likeness (QED) is 0.0288. The average molecular weight is 855 g/mol. The molecule has 0 aliphatic heterocycles. The molecule has 0 spiro atoms. The highest BCUT2D eigenvalue weighted by molar-refractivity contribution is 6.14. The van der Waals surface area contributed by atoms with Crippen LogP contribution in [0.5, 0.6) is 23.0 Å². The molecule has 0 saturated heterocycles. The number of ketones is 1. The van der Waals surface area contributed by atoms with Crippen LogP contribution in [-0.2, 0) is 23.9 Å². The van der Waals surface area contributed by atoms with Crippen LogP contribution in [0.1, 0.15) is 102 Å². The molecule has 0 amide bonds. The van der Waals surface area contributed by atoms with E-state index in [1.54, 1.807) is 72.8 Å². The summed E-state index contributed by atoms with van der Waals surface area (Å²) < 4.78 is 32.7. The van der Waals surface area contributed by atoms with Gasteiger partial charge in [0.15, 0.2) is 5.78 Å². The largest absolute Gasteiger partial charge is 0.494 e. The number of esters is 4. The van der Waals surface area contributed by atoms with E-state index < -0.39 is 23.9 Å². The number of benzene rings is 4. The zero-order valence-electron chi connectivity index (χ0n) is 35.6. The maximum Gasteiger partial charge on any atom is 0.343 e. The van der Waals surface area contributed by atoms with Gasteiger partial charge in [-0.05, 0) is 167 Å². The molecular formula is C52H54O11. The minimum Gasteiger partial charge on any atom is -0.494 e. The molecule has 1 aliphatic carbocycles. The number of hydrogen-bond acceptors (Lipinski definition) is 11. The fourth-order valence-electron chi connectivity index (χ4n) is 6.51. The van der Waals surface area contributed by atoms with Crippen molar-refractivity contribution in [2.45, 2.75) is 70.6 Å². The predicted octanol–water partition coefficient (Wildman–Crippen LogP) is 10.7. The molecule has 328 valence electrons. The lowest BCUT2D eigenvalue weighted by atomic mass is 9.87. The Morgan fingerprint density at radius 3 is 1.17 bits per heavy atom. The second kappa shape index (κ2) is 25.7. The SMILES string of the molecule is C=CC(=O)OCCCCCCOc1ccc(C(=O)Oc2ccc(C=C3CCCC(=Cc4ccc(OC(=O)c5ccc(OCCCCCCOC(=O)C=C)cc5)cc4)C3=O)cc2)cc1. The molecule has 11 heteroatoms. The summed E-state index contributed by atoms with van der Waals surface area (Å²) in [7, 11) is 0. The van der Waals surface area contributed by atoms with E-state index in [4.69, 9.17) is 28.4 Å². The Balaban J connectivity index is 1.02. The van der Waals surface area contributed by atoms with E-state index in [0.29, 0.717) is 84.5 Å². The van der Waals surface area contributed by atoms with E-state index in [-0.39, 0.29) is 5.78 Å². The summed E-state index contributed by atoms with van der Waals surface area (Å²) in [4.78, 5) is 61.3. The number of carbonyl (C=O) groups excluding carboxylic acids is 5. The molecule has 0 radical (unpaired) electrons. The predicted molar refractivity (Wildman–Crippen MR) is 241 cm³/mol. The van der Waals surface area contributed by atoms with Crippen molar-refractivity contribution >= 4 is 41.8 Å². The summed E-state index contributed by atoms with van der Waals surface area (Å²) in [5, 5.41) is 0. The lowest BCUT2D eigenvalue weighted by molar-refractivity contribution is -0.138. The zero-order valence-corrected chi connectivity index (χ0v) is 35.6. The molecule has 5 rings (SSSR count). The van der Waals surface area contributed by atoms with Gasteiger partial charge in [0.05, 0.1) is 37.6 Å². The van der Waals surface area contributed by atoms with Crippen molar-refractivity contribution in [1.82, 2.24) is 0 Å². The maximum atomic E-state index is 13.5. The summed E-state index contributed by atoms with van der Waals surface area (Å²) >= 11 is 0. The van der Waals surface area contributed by atoms with Gasteiger partial charge in [-0.2, -0.15) is 0 Å². The first-order valence-electron chi connectivity index (χ1n) is 21.3. The van der Waals surface area contributed by atoms with Gasteiger partial charge in [0, 0.05) is 23.3 Å². The molecular weight excluding hydrogens is 801 g/mol. The van der Waals surface area contributed by atoms with Gasteiger partial charge in [0.1, 0.15) is 23.0 Å². The van der Waals surface area contributed by atoms with Gasteiger partial charge in [-0.1, -0.05) is 37.4 Å². The Morgan fingerprint density at radius 2 is 0.810 bits per heavy atom. The minimum atomic E-state index is -0.493. The minimum absolute atomic E-state index is 0.0142. The number of Topliss-reactive ketones (excluding diaryl/α,β-unsaturated/α-hetero) is 1. The average Bonchev–Trinajstić information content (AvgIpc) is 3.30. The lowest BCUT2D eigenvalue weighted by Gasteiger charge is -2.17. The van der Waals surface area contributed by atoms with Crippen molar-refractivity contribution in [1.29, 1.82) is 0 Å². The highest BCUT2D eigenvalue weighted by Crippen LogP contribution is 2.29. The third-order valence-corrected chi connectivity index (χ3v) is 9.96. The van der Waals surface area contributed by atoms with Crippen LogP contribution in [0, 0.1) is 0 Å². The van der Waals surface area contributed by atoms with Crippen LogP contribution >= 0.6 is 0 Å². The number of rotatable bonds is 24. The fraction of sp³-hybridized carbons (Fsp3) is 0.288. The lowest BCUT2D eigenvalue weighted by Crippen LogP contribution is -2.12. The Labute approximate surface area is 369 Å². The Morgan fingerprint density at radius 1 is 0.460 bits per heavy atom. The summed E-state index contributed by atoms with van der Waals surface area (Å²) in [5.74, 6) is 0.274. The van der Waals surface area contributed by atoms with Crippen molar-refractivity contribution in [3.63, 3.8) is 0 Å². The number of carbonyl (C=O) groups is 5. The van der Waals surface area contributed by atoms with E-state index in [0.717, 1.165) is 81.1 Å². The van der Waals surface area contributed by atoms with Gasteiger partial charge in [-0.3, -0.25) is 4.79 Å². The second-order valence-electron chi connectivity index (χ2n) is 14.8. The molecule has 0 N–H and O–H groups in total. The molecule has 1 aliphatic rings. The van der Waals surface area contributed by atoms with Gasteiger partial charge in [-0.25, -0.2) is 19.2 Å². The third-order valence-electron chi connectivity index (χ3n) is 9.96. The van der Waals surface area contributed by atoms with E-state index in [1.165, 1.54) is 0 Å². The molecule has 0 unspecified atom stereocenters. The van der Waals surface area contributed by atoms with Crippen molar-refractivity contribution < 1.29 is 52.4 Å². The van der Waals surface area contributed by atoms with Crippen LogP contribution in [0.3, 0.4) is 0 Å². The van der Waals surface area contributed by atoms with Crippen molar-refractivity contribution in [3.8, 4) is 23.0 Å². The summed E-state index contributed by atoms with van der Waals surface area (Å²) in [6.07, 6.45) is 15.2. The molecule has 0 aromatic heterocycles. The number of unbranched alkanes of at least 4 members (excludes halogenated alkanes) is 6. The van der Waals surface area contributed by atoms with E-state index in [9.17, 15) is 24.0 Å². The summed E-state index contributed by atoms with van der Waals surface area (Å²) in [6.45, 7) is 8.59.